The van der Waals surface area contributed by atoms with E-state index in [0.717, 1.165) is 37.7 Å². The largest absolute Gasteiger partial charge is 0.378 e. The second kappa shape index (κ2) is 10.2. The summed E-state index contributed by atoms with van der Waals surface area (Å²) >= 11 is 5.98. The zero-order valence-corrected chi connectivity index (χ0v) is 22.9. The van der Waals surface area contributed by atoms with Crippen molar-refractivity contribution in [2.24, 2.45) is 0 Å². The molecule has 194 valence electrons. The van der Waals surface area contributed by atoms with E-state index in [1.807, 2.05) is 18.3 Å². The van der Waals surface area contributed by atoms with Crippen molar-refractivity contribution in [3.8, 4) is 5.69 Å². The first-order valence-corrected chi connectivity index (χ1v) is 13.6. The summed E-state index contributed by atoms with van der Waals surface area (Å²) in [6.45, 7) is 9.89. The van der Waals surface area contributed by atoms with Crippen LogP contribution in [0.15, 0.2) is 79.0 Å². The van der Waals surface area contributed by atoms with Crippen LogP contribution in [0.1, 0.15) is 40.3 Å². The van der Waals surface area contributed by atoms with Gasteiger partial charge in [-0.05, 0) is 98.7 Å². The number of aromatic nitrogens is 2. The van der Waals surface area contributed by atoms with Crippen molar-refractivity contribution in [3.05, 3.63) is 107 Å². The first kappa shape index (κ1) is 24.6. The molecule has 7 heteroatoms. The number of nitrogens with one attached hydrogen (secondary N) is 1. The molecule has 6 rings (SSSR count). The number of morpholine rings is 1. The van der Waals surface area contributed by atoms with Gasteiger partial charge >= 0.3 is 0 Å². The molecule has 2 aromatic carbocycles. The zero-order chi connectivity index (χ0) is 26.2. The average Bonchev–Trinajstić information content (AvgIpc) is 3.44. The van der Waals surface area contributed by atoms with E-state index < -0.39 is 0 Å². The highest BCUT2D eigenvalue weighted by atomic mass is 32.1. The Balaban J connectivity index is 1.43. The fourth-order valence-corrected chi connectivity index (χ4v) is 6.19. The second-order valence-electron chi connectivity index (χ2n) is 10.1. The Morgan fingerprint density at radius 1 is 0.868 bits per heavy atom. The van der Waals surface area contributed by atoms with Crippen LogP contribution in [0.5, 0.6) is 0 Å². The van der Waals surface area contributed by atoms with Crippen molar-refractivity contribution in [2.45, 2.75) is 32.9 Å². The number of anilines is 2. The Morgan fingerprint density at radius 2 is 1.63 bits per heavy atom. The number of hydrogen-bond donors (Lipinski definition) is 1. The molecule has 4 heterocycles. The molecule has 2 atom stereocenters. The van der Waals surface area contributed by atoms with E-state index in [0.29, 0.717) is 5.11 Å². The van der Waals surface area contributed by atoms with Crippen LogP contribution in [-0.2, 0) is 4.74 Å². The Kier molecular flexibility index (Phi) is 6.64. The van der Waals surface area contributed by atoms with Gasteiger partial charge in [-0.1, -0.05) is 18.2 Å². The number of thiocarbonyl (C=S) groups is 1. The molecule has 2 saturated heterocycles. The van der Waals surface area contributed by atoms with E-state index in [1.54, 1.807) is 0 Å². The molecule has 0 amide bonds. The van der Waals surface area contributed by atoms with E-state index >= 15 is 0 Å². The maximum atomic E-state index is 5.98. The molecule has 2 unspecified atom stereocenters. The smallest absolute Gasteiger partial charge is 0.174 e. The highest BCUT2D eigenvalue weighted by Gasteiger charge is 2.42. The van der Waals surface area contributed by atoms with Crippen LogP contribution >= 0.6 is 12.2 Å². The predicted molar refractivity (Wildman–Crippen MR) is 157 cm³/mol. The number of nitrogens with zero attached hydrogens (tertiary/aromatic N) is 4. The van der Waals surface area contributed by atoms with Crippen molar-refractivity contribution in [2.75, 3.05) is 36.1 Å². The summed E-state index contributed by atoms with van der Waals surface area (Å²) in [4.78, 5) is 9.37. The molecule has 1 N–H and O–H groups in total. The molecule has 4 aromatic rings. The Bertz CT molecular complexity index is 1440. The fraction of sp³-hybridized carbons (Fsp3) is 0.290. The van der Waals surface area contributed by atoms with Crippen LogP contribution in [0.2, 0.25) is 0 Å². The van der Waals surface area contributed by atoms with Gasteiger partial charge < -0.3 is 24.4 Å². The first-order valence-electron chi connectivity index (χ1n) is 13.2. The monoisotopic (exact) mass is 523 g/mol. The van der Waals surface area contributed by atoms with Gasteiger partial charge in [-0.15, -0.1) is 0 Å². The van der Waals surface area contributed by atoms with Crippen molar-refractivity contribution in [3.63, 3.8) is 0 Å². The minimum absolute atomic E-state index is 0.0450. The Labute approximate surface area is 229 Å². The Morgan fingerprint density at radius 3 is 2.34 bits per heavy atom. The average molecular weight is 524 g/mol. The summed E-state index contributed by atoms with van der Waals surface area (Å²) in [5, 5.41) is 4.32. The lowest BCUT2D eigenvalue weighted by atomic mass is 9.96. The molecule has 2 aromatic heterocycles. The van der Waals surface area contributed by atoms with Crippen LogP contribution in [0.4, 0.5) is 11.4 Å². The molecule has 0 spiro atoms. The summed E-state index contributed by atoms with van der Waals surface area (Å²) < 4.78 is 7.88. The van der Waals surface area contributed by atoms with E-state index in [2.05, 4.69) is 101 Å². The summed E-state index contributed by atoms with van der Waals surface area (Å²) in [5.74, 6) is 0. The number of aryl methyl sites for hydroxylation is 2. The van der Waals surface area contributed by atoms with Crippen LogP contribution < -0.4 is 15.1 Å². The molecule has 0 radical (unpaired) electrons. The molecule has 2 aliphatic heterocycles. The Hall–Kier alpha value is -3.68. The lowest BCUT2D eigenvalue weighted by Crippen LogP contribution is -2.36. The number of ether oxygens (including phenoxy) is 1. The summed E-state index contributed by atoms with van der Waals surface area (Å²) in [6.07, 6.45) is 1.85. The SMILES string of the molecule is Cc1cccc(-n2c(C)cc(C3C(c4ccccn4)NC(=S)N3c3ccc(N4CCOCC4)cc3)c2C)c1. The highest BCUT2D eigenvalue weighted by molar-refractivity contribution is 7.80. The summed E-state index contributed by atoms with van der Waals surface area (Å²) in [7, 11) is 0. The molecule has 2 aliphatic rings. The van der Waals surface area contributed by atoms with Gasteiger partial charge in [-0.25, -0.2) is 0 Å². The molecular weight excluding hydrogens is 490 g/mol. The number of hydrogen-bond acceptors (Lipinski definition) is 4. The van der Waals surface area contributed by atoms with Gasteiger partial charge in [0.1, 0.15) is 0 Å². The third kappa shape index (κ3) is 4.46. The van der Waals surface area contributed by atoms with Gasteiger partial charge in [-0.3, -0.25) is 4.98 Å². The van der Waals surface area contributed by atoms with Crippen LogP contribution in [0.25, 0.3) is 5.69 Å². The third-order valence-electron chi connectivity index (χ3n) is 7.65. The van der Waals surface area contributed by atoms with E-state index in [4.69, 9.17) is 21.9 Å². The molecular formula is C31H33N5OS. The van der Waals surface area contributed by atoms with Crippen molar-refractivity contribution in [1.82, 2.24) is 14.9 Å². The highest BCUT2D eigenvalue weighted by Crippen LogP contribution is 2.44. The lowest BCUT2D eigenvalue weighted by Gasteiger charge is -2.31. The maximum Gasteiger partial charge on any atom is 0.174 e. The molecule has 0 saturated carbocycles. The molecule has 0 aliphatic carbocycles. The summed E-state index contributed by atoms with van der Waals surface area (Å²) in [6, 6.07) is 25.7. The first-order chi connectivity index (χ1) is 18.5. The molecule has 38 heavy (non-hydrogen) atoms. The van der Waals surface area contributed by atoms with Crippen LogP contribution in [0.3, 0.4) is 0 Å². The van der Waals surface area contributed by atoms with Gasteiger partial charge in [0, 0.05) is 47.7 Å². The predicted octanol–water partition coefficient (Wildman–Crippen LogP) is 5.81. The normalized spacial score (nSPS) is 19.6. The van der Waals surface area contributed by atoms with Crippen molar-refractivity contribution >= 4 is 28.7 Å². The maximum absolute atomic E-state index is 5.98. The van der Waals surface area contributed by atoms with Crippen molar-refractivity contribution in [1.29, 1.82) is 0 Å². The minimum atomic E-state index is -0.0749. The van der Waals surface area contributed by atoms with Gasteiger partial charge in [0.05, 0.1) is 31.0 Å². The zero-order valence-electron chi connectivity index (χ0n) is 22.1. The topological polar surface area (TPSA) is 45.6 Å². The quantitative estimate of drug-likeness (QED) is 0.333. The summed E-state index contributed by atoms with van der Waals surface area (Å²) in [5.41, 5.74) is 9.33. The van der Waals surface area contributed by atoms with E-state index in [9.17, 15) is 0 Å². The third-order valence-corrected chi connectivity index (χ3v) is 7.97. The van der Waals surface area contributed by atoms with E-state index in [-0.39, 0.29) is 12.1 Å². The molecule has 6 nitrogen and oxygen atoms in total. The van der Waals surface area contributed by atoms with Gasteiger partial charge in [-0.2, -0.15) is 0 Å². The number of pyridine rings is 1. The molecule has 0 bridgehead atoms. The van der Waals surface area contributed by atoms with Gasteiger partial charge in [0.15, 0.2) is 5.11 Å². The van der Waals surface area contributed by atoms with Crippen LogP contribution in [-0.4, -0.2) is 41.0 Å². The number of benzene rings is 2. The number of rotatable bonds is 5. The standard InChI is InChI=1S/C31H33N5OS/c1-21-7-6-8-26(19-21)35-22(2)20-27(23(35)3)30-29(28-9-4-5-14-32-28)33-31(38)36(30)25-12-10-24(11-13-25)34-15-17-37-18-16-34/h4-14,19-20,29-30H,15-18H2,1-3H3,(H,33,38). The minimum Gasteiger partial charge on any atom is -0.378 e. The molecule has 2 fully saturated rings. The van der Waals surface area contributed by atoms with Crippen molar-refractivity contribution < 1.29 is 4.74 Å². The van der Waals surface area contributed by atoms with Gasteiger partial charge in [0.2, 0.25) is 0 Å². The van der Waals surface area contributed by atoms with Gasteiger partial charge in [0.25, 0.3) is 0 Å². The fourth-order valence-electron chi connectivity index (χ4n) is 5.85. The van der Waals surface area contributed by atoms with E-state index in [1.165, 1.54) is 33.9 Å². The lowest BCUT2D eigenvalue weighted by molar-refractivity contribution is 0.122. The van der Waals surface area contributed by atoms with Crippen LogP contribution in [0, 0.1) is 20.8 Å². The second-order valence-corrected chi connectivity index (χ2v) is 10.5.